The number of hydrogen-bond donors (Lipinski definition) is 3. The van der Waals surface area contributed by atoms with Gasteiger partial charge in [0.05, 0.1) is 23.9 Å². The second kappa shape index (κ2) is 10.6. The first kappa shape index (κ1) is 23.0. The molecular weight excluding hydrogens is 434 g/mol. The van der Waals surface area contributed by atoms with Crippen LogP contribution in [-0.4, -0.2) is 43.6 Å². The number of rotatable bonds is 8. The van der Waals surface area contributed by atoms with Crippen LogP contribution in [0.3, 0.4) is 0 Å². The SMILES string of the molecule is CCOC(=O)C1=C(COC(=O)CNC(=O)c2cccc(C)c2)NC(=O)NC1c1cccs1. The van der Waals surface area contributed by atoms with Crippen molar-refractivity contribution in [1.29, 1.82) is 0 Å². The zero-order valence-corrected chi connectivity index (χ0v) is 18.4. The number of urea groups is 1. The Kier molecular flexibility index (Phi) is 7.61. The van der Waals surface area contributed by atoms with Crippen LogP contribution in [0.1, 0.15) is 33.8 Å². The summed E-state index contributed by atoms with van der Waals surface area (Å²) in [6, 6.07) is 9.27. The van der Waals surface area contributed by atoms with Gasteiger partial charge in [-0.25, -0.2) is 9.59 Å². The average molecular weight is 458 g/mol. The number of nitrogens with one attached hydrogen (secondary N) is 3. The molecule has 3 N–H and O–H groups in total. The Balaban J connectivity index is 1.69. The number of carbonyl (C=O) groups is 4. The zero-order chi connectivity index (χ0) is 23.1. The average Bonchev–Trinajstić information content (AvgIpc) is 3.30. The van der Waals surface area contributed by atoms with E-state index >= 15 is 0 Å². The van der Waals surface area contributed by atoms with Crippen LogP contribution in [-0.2, 0) is 19.1 Å². The van der Waals surface area contributed by atoms with Gasteiger partial charge in [0.25, 0.3) is 5.91 Å². The van der Waals surface area contributed by atoms with Gasteiger partial charge in [0, 0.05) is 10.4 Å². The van der Waals surface area contributed by atoms with Crippen molar-refractivity contribution >= 4 is 35.2 Å². The summed E-state index contributed by atoms with van der Waals surface area (Å²) < 4.78 is 10.3. The lowest BCUT2D eigenvalue weighted by Crippen LogP contribution is -2.47. The normalized spacial score (nSPS) is 15.4. The lowest BCUT2D eigenvalue weighted by Gasteiger charge is -2.28. The van der Waals surface area contributed by atoms with E-state index in [2.05, 4.69) is 16.0 Å². The first-order valence-corrected chi connectivity index (χ1v) is 10.8. The molecule has 1 aromatic carbocycles. The fraction of sp³-hybridized carbons (Fsp3) is 0.273. The van der Waals surface area contributed by atoms with E-state index in [1.54, 1.807) is 37.3 Å². The van der Waals surface area contributed by atoms with Crippen LogP contribution in [0.4, 0.5) is 4.79 Å². The molecule has 3 amide bonds. The highest BCUT2D eigenvalue weighted by Gasteiger charge is 2.34. The van der Waals surface area contributed by atoms with E-state index in [1.807, 2.05) is 18.4 Å². The Bertz CT molecular complexity index is 1050. The lowest BCUT2D eigenvalue weighted by atomic mass is 10.0. The Morgan fingerprint density at radius 1 is 1.16 bits per heavy atom. The Labute approximate surface area is 188 Å². The highest BCUT2D eigenvalue weighted by Crippen LogP contribution is 2.30. The Morgan fingerprint density at radius 2 is 1.97 bits per heavy atom. The summed E-state index contributed by atoms with van der Waals surface area (Å²) in [6.45, 7) is 2.95. The molecule has 9 nitrogen and oxygen atoms in total. The van der Waals surface area contributed by atoms with E-state index in [9.17, 15) is 19.2 Å². The van der Waals surface area contributed by atoms with E-state index in [-0.39, 0.29) is 31.0 Å². The zero-order valence-electron chi connectivity index (χ0n) is 17.6. The summed E-state index contributed by atoms with van der Waals surface area (Å²) in [4.78, 5) is 49.8. The van der Waals surface area contributed by atoms with Crippen molar-refractivity contribution in [1.82, 2.24) is 16.0 Å². The summed E-state index contributed by atoms with van der Waals surface area (Å²) in [5.41, 5.74) is 1.63. The van der Waals surface area contributed by atoms with Crippen molar-refractivity contribution in [2.75, 3.05) is 19.8 Å². The van der Waals surface area contributed by atoms with E-state index in [1.165, 1.54) is 11.3 Å². The summed E-state index contributed by atoms with van der Waals surface area (Å²) in [6.07, 6.45) is 0. The maximum Gasteiger partial charge on any atom is 0.338 e. The van der Waals surface area contributed by atoms with Gasteiger partial charge < -0.3 is 25.4 Å². The van der Waals surface area contributed by atoms with E-state index in [0.717, 1.165) is 10.4 Å². The summed E-state index contributed by atoms with van der Waals surface area (Å²) in [7, 11) is 0. The molecule has 1 atom stereocenters. The van der Waals surface area contributed by atoms with Gasteiger partial charge in [-0.15, -0.1) is 11.3 Å². The highest BCUT2D eigenvalue weighted by atomic mass is 32.1. The van der Waals surface area contributed by atoms with Crippen molar-refractivity contribution in [2.24, 2.45) is 0 Å². The standard InChI is InChI=1S/C22H23N3O6S/c1-3-30-21(28)18-15(24-22(29)25-19(18)16-8-5-9-32-16)12-31-17(26)11-23-20(27)14-7-4-6-13(2)10-14/h4-10,19H,3,11-12H2,1-2H3,(H,23,27)(H2,24,25,29). The molecule has 1 aromatic heterocycles. The van der Waals surface area contributed by atoms with Gasteiger partial charge in [0.15, 0.2) is 0 Å². The first-order valence-electron chi connectivity index (χ1n) is 9.90. The van der Waals surface area contributed by atoms with E-state index < -0.39 is 29.9 Å². The molecule has 2 heterocycles. The monoisotopic (exact) mass is 457 g/mol. The molecule has 1 aliphatic rings. The van der Waals surface area contributed by atoms with Crippen molar-refractivity contribution in [2.45, 2.75) is 19.9 Å². The van der Waals surface area contributed by atoms with Crippen LogP contribution >= 0.6 is 11.3 Å². The maximum absolute atomic E-state index is 12.6. The lowest BCUT2D eigenvalue weighted by molar-refractivity contribution is -0.142. The molecule has 0 spiro atoms. The largest absolute Gasteiger partial charge is 0.463 e. The molecule has 2 aromatic rings. The quantitative estimate of drug-likeness (QED) is 0.523. The first-order chi connectivity index (χ1) is 15.4. The minimum absolute atomic E-state index is 0.129. The molecule has 0 saturated heterocycles. The van der Waals surface area contributed by atoms with Gasteiger partial charge in [0.1, 0.15) is 13.2 Å². The molecule has 1 unspecified atom stereocenters. The summed E-state index contributed by atoms with van der Waals surface area (Å²) >= 11 is 1.37. The second-order valence-corrected chi connectivity index (χ2v) is 7.85. The third-order valence-corrected chi connectivity index (χ3v) is 5.46. The fourth-order valence-electron chi connectivity index (χ4n) is 3.10. The van der Waals surface area contributed by atoms with Gasteiger partial charge in [-0.3, -0.25) is 9.59 Å². The van der Waals surface area contributed by atoms with Crippen LogP contribution in [0.5, 0.6) is 0 Å². The van der Waals surface area contributed by atoms with Crippen LogP contribution in [0.15, 0.2) is 53.0 Å². The molecule has 1 aliphatic heterocycles. The number of esters is 2. The highest BCUT2D eigenvalue weighted by molar-refractivity contribution is 7.10. The minimum atomic E-state index is -0.725. The topological polar surface area (TPSA) is 123 Å². The van der Waals surface area contributed by atoms with Crippen LogP contribution < -0.4 is 16.0 Å². The minimum Gasteiger partial charge on any atom is -0.463 e. The van der Waals surface area contributed by atoms with E-state index in [4.69, 9.17) is 9.47 Å². The van der Waals surface area contributed by atoms with Crippen LogP contribution in [0.25, 0.3) is 0 Å². The predicted octanol–water partition coefficient (Wildman–Crippen LogP) is 2.20. The van der Waals surface area contributed by atoms with Crippen LogP contribution in [0, 0.1) is 6.92 Å². The molecule has 3 rings (SSSR count). The number of hydrogen-bond acceptors (Lipinski definition) is 7. The maximum atomic E-state index is 12.6. The number of carbonyl (C=O) groups excluding carboxylic acids is 4. The molecule has 168 valence electrons. The van der Waals surface area contributed by atoms with Crippen molar-refractivity contribution in [3.05, 3.63) is 69.1 Å². The number of aryl methyl sites for hydroxylation is 1. The summed E-state index contributed by atoms with van der Waals surface area (Å²) in [5.74, 6) is -1.76. The van der Waals surface area contributed by atoms with Crippen molar-refractivity contribution in [3.8, 4) is 0 Å². The number of benzene rings is 1. The van der Waals surface area contributed by atoms with Gasteiger partial charge >= 0.3 is 18.0 Å². The predicted molar refractivity (Wildman–Crippen MR) is 117 cm³/mol. The van der Waals surface area contributed by atoms with Gasteiger partial charge in [-0.05, 0) is 37.4 Å². The van der Waals surface area contributed by atoms with E-state index in [0.29, 0.717) is 5.56 Å². The van der Waals surface area contributed by atoms with Crippen molar-refractivity contribution < 1.29 is 28.7 Å². The molecule has 10 heteroatoms. The number of thiophene rings is 1. The molecule has 32 heavy (non-hydrogen) atoms. The number of ether oxygens (including phenoxy) is 2. The Morgan fingerprint density at radius 3 is 2.66 bits per heavy atom. The molecular formula is C22H23N3O6S. The molecule has 0 saturated carbocycles. The Hall–Kier alpha value is -3.66. The van der Waals surface area contributed by atoms with Crippen molar-refractivity contribution in [3.63, 3.8) is 0 Å². The summed E-state index contributed by atoms with van der Waals surface area (Å²) in [5, 5.41) is 9.52. The van der Waals surface area contributed by atoms with Gasteiger partial charge in [-0.2, -0.15) is 0 Å². The molecule has 0 bridgehead atoms. The second-order valence-electron chi connectivity index (χ2n) is 6.87. The third-order valence-electron chi connectivity index (χ3n) is 4.53. The number of amides is 3. The smallest absolute Gasteiger partial charge is 0.338 e. The molecule has 0 fully saturated rings. The van der Waals surface area contributed by atoms with Gasteiger partial charge in [0.2, 0.25) is 0 Å². The fourth-order valence-corrected chi connectivity index (χ4v) is 3.88. The molecule has 0 aliphatic carbocycles. The molecule has 0 radical (unpaired) electrons. The van der Waals surface area contributed by atoms with Gasteiger partial charge in [-0.1, -0.05) is 23.8 Å². The third kappa shape index (κ3) is 5.73. The van der Waals surface area contributed by atoms with Crippen LogP contribution in [0.2, 0.25) is 0 Å².